The number of rotatable bonds is 3. The summed E-state index contributed by atoms with van der Waals surface area (Å²) in [5, 5.41) is 0. The van der Waals surface area contributed by atoms with Crippen LogP contribution in [0.3, 0.4) is 0 Å². The van der Waals surface area contributed by atoms with Crippen LogP contribution in [0, 0.1) is 0 Å². The standard InChI is InChI=1S/C22H20F6/c1-4-13-7-14-5-6-18(12(2)3)20(19(14)8-13)15-9-16(21(23,24)25)11-17(10-15)22(26,27)28/h5-6,8-12H,4,7H2,1-3H3. The van der Waals surface area contributed by atoms with Crippen LogP contribution in [0.4, 0.5) is 26.3 Å². The van der Waals surface area contributed by atoms with Crippen molar-refractivity contribution in [2.24, 2.45) is 0 Å². The second-order valence-electron chi connectivity index (χ2n) is 7.38. The highest BCUT2D eigenvalue weighted by atomic mass is 19.4. The van der Waals surface area contributed by atoms with E-state index in [-0.39, 0.29) is 17.5 Å². The Morgan fingerprint density at radius 1 is 0.893 bits per heavy atom. The topological polar surface area (TPSA) is 0 Å². The van der Waals surface area contributed by atoms with Crippen LogP contribution in [0.25, 0.3) is 17.2 Å². The van der Waals surface area contributed by atoms with Gasteiger partial charge in [0, 0.05) is 0 Å². The van der Waals surface area contributed by atoms with Crippen LogP contribution in [0.15, 0.2) is 35.9 Å². The molecule has 0 N–H and O–H groups in total. The first-order valence-electron chi connectivity index (χ1n) is 9.07. The number of fused-ring (bicyclic) bond motifs is 1. The molecule has 2 aromatic rings. The molecule has 28 heavy (non-hydrogen) atoms. The Bertz CT molecular complexity index is 897. The summed E-state index contributed by atoms with van der Waals surface area (Å²) < 4.78 is 79.9. The van der Waals surface area contributed by atoms with Gasteiger partial charge in [0.2, 0.25) is 0 Å². The molecule has 0 nitrogen and oxygen atoms in total. The summed E-state index contributed by atoms with van der Waals surface area (Å²) in [5.74, 6) is -0.0525. The van der Waals surface area contributed by atoms with Gasteiger partial charge in [-0.1, -0.05) is 44.6 Å². The normalized spacial score (nSPS) is 14.4. The Labute approximate surface area is 159 Å². The van der Waals surface area contributed by atoms with E-state index in [1.807, 2.05) is 39.0 Å². The lowest BCUT2D eigenvalue weighted by Crippen LogP contribution is -2.11. The van der Waals surface area contributed by atoms with Gasteiger partial charge in [0.15, 0.2) is 0 Å². The lowest BCUT2D eigenvalue weighted by Gasteiger charge is -2.20. The zero-order valence-corrected chi connectivity index (χ0v) is 15.7. The molecule has 0 atom stereocenters. The van der Waals surface area contributed by atoms with Crippen molar-refractivity contribution >= 4 is 6.08 Å². The van der Waals surface area contributed by atoms with Gasteiger partial charge in [-0.15, -0.1) is 0 Å². The largest absolute Gasteiger partial charge is 0.416 e. The van der Waals surface area contributed by atoms with Gasteiger partial charge in [-0.3, -0.25) is 0 Å². The van der Waals surface area contributed by atoms with Gasteiger partial charge < -0.3 is 0 Å². The van der Waals surface area contributed by atoms with E-state index in [0.29, 0.717) is 12.0 Å². The highest BCUT2D eigenvalue weighted by Gasteiger charge is 2.37. The molecule has 0 amide bonds. The fourth-order valence-corrected chi connectivity index (χ4v) is 3.63. The minimum atomic E-state index is -4.86. The Morgan fingerprint density at radius 3 is 1.93 bits per heavy atom. The second kappa shape index (κ2) is 6.98. The molecular formula is C22H20F6. The predicted octanol–water partition coefficient (Wildman–Crippen LogP) is 7.86. The third kappa shape index (κ3) is 3.82. The van der Waals surface area contributed by atoms with Gasteiger partial charge >= 0.3 is 12.4 Å². The first-order chi connectivity index (χ1) is 12.9. The van der Waals surface area contributed by atoms with Crippen molar-refractivity contribution in [1.82, 2.24) is 0 Å². The smallest absolute Gasteiger partial charge is 0.166 e. The van der Waals surface area contributed by atoms with Crippen molar-refractivity contribution in [3.05, 3.63) is 63.7 Å². The average molecular weight is 398 g/mol. The second-order valence-corrected chi connectivity index (χ2v) is 7.38. The Morgan fingerprint density at radius 2 is 1.46 bits per heavy atom. The van der Waals surface area contributed by atoms with Gasteiger partial charge in [0.05, 0.1) is 11.1 Å². The molecule has 2 aromatic carbocycles. The molecule has 0 aliphatic heterocycles. The monoisotopic (exact) mass is 398 g/mol. The van der Waals surface area contributed by atoms with Gasteiger partial charge in [0.25, 0.3) is 0 Å². The summed E-state index contributed by atoms with van der Waals surface area (Å²) >= 11 is 0. The van der Waals surface area contributed by atoms with Crippen molar-refractivity contribution in [3.8, 4) is 11.1 Å². The first-order valence-corrected chi connectivity index (χ1v) is 9.07. The Kier molecular flexibility index (Phi) is 5.11. The molecule has 0 aromatic heterocycles. The lowest BCUT2D eigenvalue weighted by atomic mass is 9.86. The van der Waals surface area contributed by atoms with Crippen molar-refractivity contribution in [2.45, 2.75) is 51.9 Å². The van der Waals surface area contributed by atoms with E-state index in [0.717, 1.165) is 40.8 Å². The molecule has 1 aliphatic carbocycles. The maximum atomic E-state index is 13.3. The number of alkyl halides is 6. The van der Waals surface area contributed by atoms with E-state index >= 15 is 0 Å². The van der Waals surface area contributed by atoms with Crippen molar-refractivity contribution in [2.75, 3.05) is 0 Å². The summed E-state index contributed by atoms with van der Waals surface area (Å²) in [5.41, 5.74) is 1.35. The van der Waals surface area contributed by atoms with Crippen LogP contribution in [0.1, 0.15) is 60.9 Å². The van der Waals surface area contributed by atoms with E-state index in [2.05, 4.69) is 0 Å². The van der Waals surface area contributed by atoms with Crippen LogP contribution in [-0.4, -0.2) is 0 Å². The van der Waals surface area contributed by atoms with E-state index in [4.69, 9.17) is 0 Å². The third-order valence-corrected chi connectivity index (χ3v) is 5.09. The highest BCUT2D eigenvalue weighted by molar-refractivity contribution is 5.84. The maximum Gasteiger partial charge on any atom is 0.416 e. The van der Waals surface area contributed by atoms with Crippen molar-refractivity contribution < 1.29 is 26.3 Å². The number of halogens is 6. The maximum absolute atomic E-state index is 13.3. The third-order valence-electron chi connectivity index (χ3n) is 5.09. The molecule has 150 valence electrons. The van der Waals surface area contributed by atoms with Gasteiger partial charge in [0.1, 0.15) is 0 Å². The molecule has 1 aliphatic rings. The van der Waals surface area contributed by atoms with E-state index in [1.165, 1.54) is 0 Å². The van der Waals surface area contributed by atoms with E-state index < -0.39 is 23.5 Å². The molecule has 3 rings (SSSR count). The van der Waals surface area contributed by atoms with Crippen molar-refractivity contribution in [1.29, 1.82) is 0 Å². The number of allylic oxidation sites excluding steroid dienone is 1. The van der Waals surface area contributed by atoms with Crippen LogP contribution < -0.4 is 0 Å². The fourth-order valence-electron chi connectivity index (χ4n) is 3.63. The summed E-state index contributed by atoms with van der Waals surface area (Å²) in [6.07, 6.45) is -6.37. The molecule has 0 radical (unpaired) electrons. The number of benzene rings is 2. The van der Waals surface area contributed by atoms with Gasteiger partial charge in [-0.25, -0.2) is 0 Å². The number of hydrogen-bond donors (Lipinski definition) is 0. The predicted molar refractivity (Wildman–Crippen MR) is 97.9 cm³/mol. The first kappa shape index (κ1) is 20.5. The molecule has 0 saturated carbocycles. The molecule has 0 saturated heterocycles. The summed E-state index contributed by atoms with van der Waals surface area (Å²) in [7, 11) is 0. The summed E-state index contributed by atoms with van der Waals surface area (Å²) in [4.78, 5) is 0. The van der Waals surface area contributed by atoms with Gasteiger partial charge in [-0.05, 0) is 64.8 Å². The summed E-state index contributed by atoms with van der Waals surface area (Å²) in [6, 6.07) is 5.57. The quantitative estimate of drug-likeness (QED) is 0.462. The van der Waals surface area contributed by atoms with Crippen LogP contribution in [0.2, 0.25) is 0 Å². The zero-order valence-electron chi connectivity index (χ0n) is 15.7. The van der Waals surface area contributed by atoms with Gasteiger partial charge in [-0.2, -0.15) is 26.3 Å². The van der Waals surface area contributed by atoms with E-state index in [1.54, 1.807) is 0 Å². The van der Waals surface area contributed by atoms with Crippen LogP contribution in [0.5, 0.6) is 0 Å². The molecule has 0 fully saturated rings. The Balaban J connectivity index is 2.35. The zero-order chi connectivity index (χ0) is 20.9. The van der Waals surface area contributed by atoms with Crippen molar-refractivity contribution in [3.63, 3.8) is 0 Å². The molecule has 0 bridgehead atoms. The van der Waals surface area contributed by atoms with Crippen LogP contribution >= 0.6 is 0 Å². The Hall–Kier alpha value is -2.24. The molecule has 0 unspecified atom stereocenters. The SMILES string of the molecule is CCC1=Cc2c(ccc(C(C)C)c2-c2cc(C(F)(F)F)cc(C(F)(F)F)c2)C1. The lowest BCUT2D eigenvalue weighted by molar-refractivity contribution is -0.143. The molecular weight excluding hydrogens is 378 g/mol. The summed E-state index contributed by atoms with van der Waals surface area (Å²) in [6.45, 7) is 5.73. The average Bonchev–Trinajstić information content (AvgIpc) is 3.02. The van der Waals surface area contributed by atoms with Crippen LogP contribution in [-0.2, 0) is 18.8 Å². The molecule has 6 heteroatoms. The fraction of sp³-hybridized carbons (Fsp3) is 0.364. The minimum absolute atomic E-state index is 0.0451. The minimum Gasteiger partial charge on any atom is -0.166 e. The number of hydrogen-bond acceptors (Lipinski definition) is 0. The molecule has 0 spiro atoms. The molecule has 0 heterocycles. The highest BCUT2D eigenvalue weighted by Crippen LogP contribution is 2.44. The van der Waals surface area contributed by atoms with E-state index in [9.17, 15) is 26.3 Å².